The molecule has 8 nitrogen and oxygen atoms in total. The standard InChI is InChI=1S/C38H41N7O/c1-24-30(6-3-7-34(24)45-16-4-5-29-21-28(26-12-13-26)14-15-31(29)37(45)46)35-32-22-33(40-36(32)42-38(39)41-35)27-10-8-25(9-11-27)23-44-19-17-43(2)18-20-44/h3,6-11,14-15,21-22,26H,4-5,12-13,16-20,23H2,1-2H3,(H3,39,40,41,42). The van der Waals surface area contributed by atoms with Crippen molar-refractivity contribution in [1.82, 2.24) is 24.8 Å². The van der Waals surface area contributed by atoms with Crippen molar-refractivity contribution >= 4 is 28.6 Å². The zero-order valence-corrected chi connectivity index (χ0v) is 26.7. The van der Waals surface area contributed by atoms with Gasteiger partial charge in [0.15, 0.2) is 0 Å². The Kier molecular flexibility index (Phi) is 7.34. The number of hydrogen-bond acceptors (Lipinski definition) is 6. The van der Waals surface area contributed by atoms with Gasteiger partial charge in [-0.1, -0.05) is 48.5 Å². The van der Waals surface area contributed by atoms with Gasteiger partial charge in [0, 0.05) is 67.2 Å². The summed E-state index contributed by atoms with van der Waals surface area (Å²) in [6.45, 7) is 8.16. The molecule has 2 fully saturated rings. The van der Waals surface area contributed by atoms with Crippen molar-refractivity contribution in [1.29, 1.82) is 0 Å². The molecular formula is C38H41N7O. The van der Waals surface area contributed by atoms with Gasteiger partial charge >= 0.3 is 0 Å². The molecule has 0 bridgehead atoms. The summed E-state index contributed by atoms with van der Waals surface area (Å²) < 4.78 is 0. The molecule has 8 rings (SSSR count). The molecule has 234 valence electrons. The van der Waals surface area contributed by atoms with Crippen molar-refractivity contribution in [3.05, 3.63) is 94.5 Å². The van der Waals surface area contributed by atoms with Gasteiger partial charge in [-0.05, 0) is 91.6 Å². The number of carbonyl (C=O) groups is 1. The van der Waals surface area contributed by atoms with Crippen molar-refractivity contribution in [2.75, 3.05) is 50.4 Å². The van der Waals surface area contributed by atoms with Crippen LogP contribution in [-0.2, 0) is 13.0 Å². The molecule has 8 heteroatoms. The quantitative estimate of drug-likeness (QED) is 0.231. The summed E-state index contributed by atoms with van der Waals surface area (Å²) in [6, 6.07) is 23.5. The Morgan fingerprint density at radius 2 is 1.72 bits per heavy atom. The Morgan fingerprint density at radius 3 is 2.50 bits per heavy atom. The van der Waals surface area contributed by atoms with Gasteiger partial charge in [0.25, 0.3) is 5.91 Å². The van der Waals surface area contributed by atoms with E-state index in [2.05, 4.69) is 88.3 Å². The van der Waals surface area contributed by atoms with Gasteiger partial charge in [0.05, 0.1) is 5.69 Å². The van der Waals surface area contributed by atoms with Crippen molar-refractivity contribution in [3.8, 4) is 22.5 Å². The SMILES string of the molecule is Cc1c(-c2nc(N)nc3[nH]c(-c4ccc(CN5CCN(C)CC5)cc4)cc23)cccc1N1CCCc2cc(C3CC3)ccc2C1=O. The number of fused-ring (bicyclic) bond motifs is 2. The Balaban J connectivity index is 1.10. The van der Waals surface area contributed by atoms with Crippen LogP contribution in [0.25, 0.3) is 33.5 Å². The molecule has 0 atom stereocenters. The van der Waals surface area contributed by atoms with E-state index in [1.165, 1.54) is 29.5 Å². The third kappa shape index (κ3) is 5.46. The Hall–Kier alpha value is -4.53. The summed E-state index contributed by atoms with van der Waals surface area (Å²) in [5.41, 5.74) is 17.4. The number of nitrogens with two attached hydrogens (primary N) is 1. The largest absolute Gasteiger partial charge is 0.368 e. The van der Waals surface area contributed by atoms with E-state index in [9.17, 15) is 4.79 Å². The number of hydrogen-bond donors (Lipinski definition) is 2. The number of piperazine rings is 1. The number of amides is 1. The predicted molar refractivity (Wildman–Crippen MR) is 185 cm³/mol. The number of rotatable bonds is 6. The molecule has 0 radical (unpaired) electrons. The summed E-state index contributed by atoms with van der Waals surface area (Å²) in [5, 5.41) is 0.908. The van der Waals surface area contributed by atoms with E-state index in [1.54, 1.807) is 0 Å². The van der Waals surface area contributed by atoms with Crippen LogP contribution in [0.5, 0.6) is 0 Å². The predicted octanol–water partition coefficient (Wildman–Crippen LogP) is 6.40. The molecular weight excluding hydrogens is 570 g/mol. The zero-order chi connectivity index (χ0) is 31.4. The molecule has 2 aliphatic heterocycles. The molecule has 0 unspecified atom stereocenters. The average molecular weight is 612 g/mol. The first-order valence-corrected chi connectivity index (χ1v) is 16.6. The van der Waals surface area contributed by atoms with Crippen LogP contribution in [0.1, 0.15) is 57.8 Å². The minimum absolute atomic E-state index is 0.0717. The lowest BCUT2D eigenvalue weighted by atomic mass is 9.98. The third-order valence-electron chi connectivity index (χ3n) is 10.1. The molecule has 2 aromatic heterocycles. The minimum Gasteiger partial charge on any atom is -0.368 e. The number of H-pyrrole nitrogens is 1. The molecule has 1 aliphatic carbocycles. The Labute approximate surface area is 270 Å². The van der Waals surface area contributed by atoms with Gasteiger partial charge < -0.3 is 20.5 Å². The van der Waals surface area contributed by atoms with E-state index in [0.29, 0.717) is 18.1 Å². The van der Waals surface area contributed by atoms with Crippen LogP contribution >= 0.6 is 0 Å². The van der Waals surface area contributed by atoms with E-state index in [-0.39, 0.29) is 11.9 Å². The highest BCUT2D eigenvalue weighted by molar-refractivity contribution is 6.08. The van der Waals surface area contributed by atoms with E-state index >= 15 is 0 Å². The van der Waals surface area contributed by atoms with E-state index < -0.39 is 0 Å². The third-order valence-corrected chi connectivity index (χ3v) is 10.1. The van der Waals surface area contributed by atoms with Crippen molar-refractivity contribution in [2.24, 2.45) is 0 Å². The van der Waals surface area contributed by atoms with Crippen LogP contribution in [0.3, 0.4) is 0 Å². The van der Waals surface area contributed by atoms with Gasteiger partial charge in [0.1, 0.15) is 5.65 Å². The maximum Gasteiger partial charge on any atom is 0.258 e. The summed E-state index contributed by atoms with van der Waals surface area (Å²) >= 11 is 0. The lowest BCUT2D eigenvalue weighted by molar-refractivity contribution is 0.0988. The second kappa shape index (κ2) is 11.7. The highest BCUT2D eigenvalue weighted by Gasteiger charge is 2.29. The topological polar surface area (TPSA) is 94.4 Å². The number of aromatic amines is 1. The van der Waals surface area contributed by atoms with Gasteiger partial charge in [0.2, 0.25) is 5.95 Å². The monoisotopic (exact) mass is 611 g/mol. The summed E-state index contributed by atoms with van der Waals surface area (Å²) in [5.74, 6) is 0.966. The Bertz CT molecular complexity index is 1930. The van der Waals surface area contributed by atoms with Gasteiger partial charge in [-0.2, -0.15) is 4.98 Å². The van der Waals surface area contributed by atoms with Crippen LogP contribution in [0.2, 0.25) is 0 Å². The number of nitrogen functional groups attached to an aromatic ring is 1. The fraction of sp³-hybridized carbons (Fsp3) is 0.342. The van der Waals surface area contributed by atoms with Crippen LogP contribution in [0.15, 0.2) is 66.7 Å². The van der Waals surface area contributed by atoms with Crippen LogP contribution in [0, 0.1) is 6.92 Å². The molecule has 3 aromatic carbocycles. The van der Waals surface area contributed by atoms with Gasteiger partial charge in [-0.25, -0.2) is 4.98 Å². The number of nitrogens with zero attached hydrogens (tertiary/aromatic N) is 5. The summed E-state index contributed by atoms with van der Waals surface area (Å²) in [7, 11) is 2.19. The van der Waals surface area contributed by atoms with Crippen molar-refractivity contribution < 1.29 is 4.79 Å². The van der Waals surface area contributed by atoms with E-state index in [4.69, 9.17) is 10.7 Å². The van der Waals surface area contributed by atoms with Gasteiger partial charge in [-0.15, -0.1) is 0 Å². The molecule has 3 N–H and O–H groups in total. The number of anilines is 2. The van der Waals surface area contributed by atoms with E-state index in [1.807, 2.05) is 17.0 Å². The number of aryl methyl sites for hydroxylation is 1. The first-order valence-electron chi connectivity index (χ1n) is 16.6. The lowest BCUT2D eigenvalue weighted by Crippen LogP contribution is -2.43. The lowest BCUT2D eigenvalue weighted by Gasteiger charge is -2.32. The molecule has 1 saturated carbocycles. The van der Waals surface area contributed by atoms with E-state index in [0.717, 1.165) is 90.3 Å². The second-order valence-corrected chi connectivity index (χ2v) is 13.4. The molecule has 3 aliphatic rings. The van der Waals surface area contributed by atoms with Crippen LogP contribution < -0.4 is 10.6 Å². The molecule has 4 heterocycles. The number of benzene rings is 3. The van der Waals surface area contributed by atoms with Gasteiger partial charge in [-0.3, -0.25) is 9.69 Å². The fourth-order valence-corrected chi connectivity index (χ4v) is 7.22. The highest BCUT2D eigenvalue weighted by atomic mass is 16.2. The maximum atomic E-state index is 14.0. The van der Waals surface area contributed by atoms with Crippen LogP contribution in [-0.4, -0.2) is 70.4 Å². The summed E-state index contributed by atoms with van der Waals surface area (Å²) in [4.78, 5) is 33.6. The molecule has 5 aromatic rings. The Morgan fingerprint density at radius 1 is 0.913 bits per heavy atom. The summed E-state index contributed by atoms with van der Waals surface area (Å²) in [6.07, 6.45) is 4.37. The smallest absolute Gasteiger partial charge is 0.258 e. The zero-order valence-electron chi connectivity index (χ0n) is 26.7. The first kappa shape index (κ1) is 28.9. The second-order valence-electron chi connectivity index (χ2n) is 13.4. The number of nitrogens with one attached hydrogen (secondary N) is 1. The molecule has 0 spiro atoms. The normalized spacial score (nSPS) is 17.8. The average Bonchev–Trinajstić information content (AvgIpc) is 3.85. The first-order chi connectivity index (χ1) is 22.4. The number of aromatic nitrogens is 3. The fourth-order valence-electron chi connectivity index (χ4n) is 7.22. The molecule has 46 heavy (non-hydrogen) atoms. The van der Waals surface area contributed by atoms with Crippen molar-refractivity contribution in [2.45, 2.75) is 45.1 Å². The maximum absolute atomic E-state index is 14.0. The number of carbonyl (C=O) groups excluding carboxylic acids is 1. The van der Waals surface area contributed by atoms with Crippen LogP contribution in [0.4, 0.5) is 11.6 Å². The molecule has 1 amide bonds. The molecule has 1 saturated heterocycles. The minimum atomic E-state index is 0.0717. The highest BCUT2D eigenvalue weighted by Crippen LogP contribution is 2.42. The van der Waals surface area contributed by atoms with Crippen molar-refractivity contribution in [3.63, 3.8) is 0 Å². The number of likely N-dealkylation sites (N-methyl/N-ethyl adjacent to an activating group) is 1.